The van der Waals surface area contributed by atoms with Crippen LogP contribution in [0.5, 0.6) is 0 Å². The molecule has 2 N–H and O–H groups in total. The molecule has 180 valence electrons. The third kappa shape index (κ3) is 5.42. The van der Waals surface area contributed by atoms with Crippen molar-refractivity contribution in [1.82, 2.24) is 9.47 Å². The van der Waals surface area contributed by atoms with Gasteiger partial charge in [0.05, 0.1) is 17.8 Å². The fraction of sp³-hybridized carbons (Fsp3) is 0.296. The molecule has 1 fully saturated rings. The molecule has 0 radical (unpaired) electrons. The number of para-hydroxylation sites is 1. The third-order valence-electron chi connectivity index (χ3n) is 6.52. The van der Waals surface area contributed by atoms with Gasteiger partial charge in [0.25, 0.3) is 0 Å². The normalized spacial score (nSPS) is 14.3. The summed E-state index contributed by atoms with van der Waals surface area (Å²) in [6.07, 6.45) is 1.32. The molecule has 2 amide bonds. The van der Waals surface area contributed by atoms with Gasteiger partial charge in [-0.1, -0.05) is 24.3 Å². The van der Waals surface area contributed by atoms with Gasteiger partial charge in [-0.2, -0.15) is 5.26 Å². The lowest BCUT2D eigenvalue weighted by molar-refractivity contribution is -0.121. The molecule has 0 atom stereocenters. The SMILES string of the molecule is Cc1c(C#N)c(NC(=O)CN2CCC(C(=O)Nc3ccccc3)CC2)n(-c2cccc(F)c2)c1C. The van der Waals surface area contributed by atoms with Crippen molar-refractivity contribution in [2.45, 2.75) is 26.7 Å². The van der Waals surface area contributed by atoms with Crippen LogP contribution in [0, 0.1) is 36.9 Å². The minimum absolute atomic E-state index is 0.00200. The number of amides is 2. The van der Waals surface area contributed by atoms with Crippen LogP contribution in [0.25, 0.3) is 5.69 Å². The number of benzene rings is 2. The Morgan fingerprint density at radius 1 is 1.06 bits per heavy atom. The van der Waals surface area contributed by atoms with Crippen molar-refractivity contribution >= 4 is 23.3 Å². The number of piperidine rings is 1. The van der Waals surface area contributed by atoms with E-state index in [0.717, 1.165) is 16.9 Å². The number of aromatic nitrogens is 1. The number of rotatable bonds is 6. The fourth-order valence-corrected chi connectivity index (χ4v) is 4.49. The first-order valence-electron chi connectivity index (χ1n) is 11.6. The number of halogens is 1. The third-order valence-corrected chi connectivity index (χ3v) is 6.52. The van der Waals surface area contributed by atoms with Crippen LogP contribution in [0.15, 0.2) is 54.6 Å². The average molecular weight is 474 g/mol. The molecule has 0 spiro atoms. The summed E-state index contributed by atoms with van der Waals surface area (Å²) < 4.78 is 15.6. The Kier molecular flexibility index (Phi) is 7.28. The van der Waals surface area contributed by atoms with Gasteiger partial charge >= 0.3 is 0 Å². The van der Waals surface area contributed by atoms with Gasteiger partial charge in [0.15, 0.2) is 0 Å². The van der Waals surface area contributed by atoms with Crippen LogP contribution in [-0.4, -0.2) is 40.9 Å². The van der Waals surface area contributed by atoms with Gasteiger partial charge in [-0.15, -0.1) is 0 Å². The Labute approximate surface area is 204 Å². The number of nitriles is 1. The van der Waals surface area contributed by atoms with Crippen LogP contribution in [0.1, 0.15) is 29.7 Å². The molecule has 4 rings (SSSR count). The zero-order chi connectivity index (χ0) is 24.9. The maximum Gasteiger partial charge on any atom is 0.239 e. The summed E-state index contributed by atoms with van der Waals surface area (Å²) in [6, 6.07) is 17.6. The number of nitrogens with zero attached hydrogens (tertiary/aromatic N) is 3. The molecule has 7 nitrogen and oxygen atoms in total. The summed E-state index contributed by atoms with van der Waals surface area (Å²) >= 11 is 0. The van der Waals surface area contributed by atoms with E-state index < -0.39 is 5.82 Å². The molecule has 0 unspecified atom stereocenters. The molecule has 1 aliphatic heterocycles. The van der Waals surface area contributed by atoms with Crippen molar-refractivity contribution in [3.63, 3.8) is 0 Å². The van der Waals surface area contributed by atoms with Gasteiger partial charge in [-0.3, -0.25) is 19.1 Å². The first-order valence-corrected chi connectivity index (χ1v) is 11.6. The molecule has 1 aromatic heterocycles. The van der Waals surface area contributed by atoms with E-state index in [0.29, 0.717) is 43.0 Å². The largest absolute Gasteiger partial charge is 0.326 e. The Morgan fingerprint density at radius 3 is 2.43 bits per heavy atom. The number of carbonyl (C=O) groups excluding carboxylic acids is 2. The summed E-state index contributed by atoms with van der Waals surface area (Å²) in [6.45, 7) is 5.03. The molecule has 0 bridgehead atoms. The van der Waals surface area contributed by atoms with Crippen LogP contribution in [0.2, 0.25) is 0 Å². The average Bonchev–Trinajstić information content (AvgIpc) is 3.08. The molecule has 2 aromatic carbocycles. The van der Waals surface area contributed by atoms with Crippen molar-refractivity contribution in [1.29, 1.82) is 5.26 Å². The number of hydrogen-bond donors (Lipinski definition) is 2. The minimum Gasteiger partial charge on any atom is -0.326 e. The van der Waals surface area contributed by atoms with Crippen molar-refractivity contribution in [2.24, 2.45) is 5.92 Å². The zero-order valence-electron chi connectivity index (χ0n) is 19.8. The molecule has 1 aliphatic rings. The van der Waals surface area contributed by atoms with Gasteiger partial charge in [0, 0.05) is 17.3 Å². The topological polar surface area (TPSA) is 90.2 Å². The molecule has 3 aromatic rings. The lowest BCUT2D eigenvalue weighted by Crippen LogP contribution is -2.42. The number of anilines is 2. The van der Waals surface area contributed by atoms with Crippen LogP contribution < -0.4 is 10.6 Å². The quantitative estimate of drug-likeness (QED) is 0.556. The number of carbonyl (C=O) groups is 2. The summed E-state index contributed by atoms with van der Waals surface area (Å²) in [5.74, 6) is -0.421. The number of likely N-dealkylation sites (tertiary alicyclic amines) is 1. The molecule has 0 saturated carbocycles. The van der Waals surface area contributed by atoms with Crippen molar-refractivity contribution in [3.8, 4) is 11.8 Å². The van der Waals surface area contributed by atoms with Crippen LogP contribution in [-0.2, 0) is 9.59 Å². The fourth-order valence-electron chi connectivity index (χ4n) is 4.49. The highest BCUT2D eigenvalue weighted by atomic mass is 19.1. The monoisotopic (exact) mass is 473 g/mol. The first kappa shape index (κ1) is 24.2. The molecule has 2 heterocycles. The van der Waals surface area contributed by atoms with Crippen molar-refractivity contribution < 1.29 is 14.0 Å². The standard InChI is InChI=1S/C27H28FN5O2/c1-18-19(2)33(23-10-6-7-21(28)15-23)26(24(18)16-29)31-25(34)17-32-13-11-20(12-14-32)27(35)30-22-8-4-3-5-9-22/h3-10,15,20H,11-14,17H2,1-2H3,(H,30,35)(H,31,34). The molecule has 0 aliphatic carbocycles. The summed E-state index contributed by atoms with van der Waals surface area (Å²) in [5.41, 5.74) is 3.16. The van der Waals surface area contributed by atoms with E-state index in [4.69, 9.17) is 0 Å². The first-order chi connectivity index (χ1) is 16.9. The van der Waals surface area contributed by atoms with E-state index in [9.17, 15) is 19.2 Å². The minimum atomic E-state index is -0.400. The van der Waals surface area contributed by atoms with Gasteiger partial charge in [-0.05, 0) is 75.7 Å². The van der Waals surface area contributed by atoms with Crippen LogP contribution in [0.4, 0.5) is 15.9 Å². The maximum atomic E-state index is 13.9. The van der Waals surface area contributed by atoms with Gasteiger partial charge in [0.1, 0.15) is 17.7 Å². The van der Waals surface area contributed by atoms with Crippen LogP contribution >= 0.6 is 0 Å². The lowest BCUT2D eigenvalue weighted by atomic mass is 9.96. The van der Waals surface area contributed by atoms with Gasteiger partial charge in [0.2, 0.25) is 11.8 Å². The predicted molar refractivity (Wildman–Crippen MR) is 133 cm³/mol. The highest BCUT2D eigenvalue weighted by molar-refractivity contribution is 5.94. The van der Waals surface area contributed by atoms with E-state index in [-0.39, 0.29) is 24.3 Å². The predicted octanol–water partition coefficient (Wildman–Crippen LogP) is 4.39. The Morgan fingerprint density at radius 2 is 1.77 bits per heavy atom. The second-order valence-electron chi connectivity index (χ2n) is 8.81. The van der Waals surface area contributed by atoms with E-state index in [1.165, 1.54) is 12.1 Å². The molecular weight excluding hydrogens is 445 g/mol. The lowest BCUT2D eigenvalue weighted by Gasteiger charge is -2.30. The number of hydrogen-bond acceptors (Lipinski definition) is 4. The molecule has 8 heteroatoms. The van der Waals surface area contributed by atoms with E-state index in [2.05, 4.69) is 16.7 Å². The highest BCUT2D eigenvalue weighted by Gasteiger charge is 2.27. The Hall–Kier alpha value is -3.96. The summed E-state index contributed by atoms with van der Waals surface area (Å²) in [5, 5.41) is 15.6. The summed E-state index contributed by atoms with van der Waals surface area (Å²) in [4.78, 5) is 27.5. The van der Waals surface area contributed by atoms with E-state index in [1.807, 2.05) is 49.1 Å². The maximum absolute atomic E-state index is 13.9. The highest BCUT2D eigenvalue weighted by Crippen LogP contribution is 2.30. The van der Waals surface area contributed by atoms with E-state index in [1.54, 1.807) is 16.7 Å². The Balaban J connectivity index is 1.40. The van der Waals surface area contributed by atoms with Crippen molar-refractivity contribution in [2.75, 3.05) is 30.3 Å². The number of nitrogens with one attached hydrogen (secondary N) is 2. The van der Waals surface area contributed by atoms with Gasteiger partial charge in [-0.25, -0.2) is 4.39 Å². The van der Waals surface area contributed by atoms with E-state index >= 15 is 0 Å². The zero-order valence-corrected chi connectivity index (χ0v) is 19.8. The smallest absolute Gasteiger partial charge is 0.239 e. The van der Waals surface area contributed by atoms with Crippen LogP contribution in [0.3, 0.4) is 0 Å². The summed E-state index contributed by atoms with van der Waals surface area (Å²) in [7, 11) is 0. The van der Waals surface area contributed by atoms with Gasteiger partial charge < -0.3 is 10.6 Å². The molecular formula is C27H28FN5O2. The van der Waals surface area contributed by atoms with Crippen molar-refractivity contribution in [3.05, 3.63) is 77.2 Å². The second-order valence-corrected chi connectivity index (χ2v) is 8.81. The second kappa shape index (κ2) is 10.5. The molecule has 1 saturated heterocycles. The Bertz CT molecular complexity index is 1270. The molecule has 35 heavy (non-hydrogen) atoms.